The Balaban J connectivity index is 0.00000243. The third kappa shape index (κ3) is 8.06. The molecule has 0 bridgehead atoms. The molecule has 0 aromatic carbocycles. The number of anilines is 2. The van der Waals surface area contributed by atoms with Crippen molar-refractivity contribution in [2.75, 3.05) is 36.4 Å². The van der Waals surface area contributed by atoms with E-state index in [-0.39, 0.29) is 49.2 Å². The number of halogens is 3. The number of nitrogens with two attached hydrogens (primary N) is 1. The molecule has 1 atom stereocenters. The molecule has 158 valence electrons. The summed E-state index contributed by atoms with van der Waals surface area (Å²) in [6, 6.07) is 5.86. The number of pyridine rings is 1. The molecule has 1 aliphatic heterocycles. The van der Waals surface area contributed by atoms with Gasteiger partial charge in [-0.15, -0.1) is 48.6 Å². The average Bonchev–Trinajstić information content (AvgIpc) is 3.02. The van der Waals surface area contributed by atoms with Crippen LogP contribution in [0.25, 0.3) is 0 Å². The maximum absolute atomic E-state index is 11.7. The maximum Gasteiger partial charge on any atom is 0.227 e. The van der Waals surface area contributed by atoms with E-state index < -0.39 is 0 Å². The maximum atomic E-state index is 11.7. The third-order valence-electron chi connectivity index (χ3n) is 4.04. The predicted molar refractivity (Wildman–Crippen MR) is 122 cm³/mol. The summed E-state index contributed by atoms with van der Waals surface area (Å²) in [4.78, 5) is 25.3. The number of carbonyl (C=O) groups is 1. The minimum absolute atomic E-state index is 0. The first-order valence-electron chi connectivity index (χ1n) is 8.48. The minimum atomic E-state index is -0.144. The van der Waals surface area contributed by atoms with E-state index >= 15 is 0 Å². The normalized spacial score (nSPS) is 14.9. The van der Waals surface area contributed by atoms with Crippen LogP contribution >= 0.6 is 48.6 Å². The zero-order chi connectivity index (χ0) is 17.6. The van der Waals surface area contributed by atoms with Crippen LogP contribution in [0.3, 0.4) is 0 Å². The first kappa shape index (κ1) is 26.8. The molecular weight excluding hydrogens is 443 g/mol. The quantitative estimate of drug-likeness (QED) is 0.676. The van der Waals surface area contributed by atoms with Gasteiger partial charge in [-0.3, -0.25) is 9.69 Å². The molecule has 28 heavy (non-hydrogen) atoms. The van der Waals surface area contributed by atoms with Crippen LogP contribution < -0.4 is 16.0 Å². The number of thiazole rings is 1. The lowest BCUT2D eigenvalue weighted by molar-refractivity contribution is -0.116. The number of hydrogen-bond acceptors (Lipinski definition) is 7. The molecule has 0 radical (unpaired) electrons. The van der Waals surface area contributed by atoms with E-state index in [0.717, 1.165) is 44.2 Å². The van der Waals surface area contributed by atoms with E-state index in [4.69, 9.17) is 5.73 Å². The van der Waals surface area contributed by atoms with E-state index in [1.807, 2.05) is 36.7 Å². The number of carbonyl (C=O) groups excluding carboxylic acids is 1. The van der Waals surface area contributed by atoms with E-state index in [9.17, 15) is 4.79 Å². The van der Waals surface area contributed by atoms with Crippen molar-refractivity contribution >= 4 is 65.4 Å². The van der Waals surface area contributed by atoms with Crippen LogP contribution in [0.2, 0.25) is 0 Å². The van der Waals surface area contributed by atoms with Gasteiger partial charge in [0.25, 0.3) is 0 Å². The monoisotopic (exact) mass is 468 g/mol. The highest BCUT2D eigenvalue weighted by Crippen LogP contribution is 2.19. The van der Waals surface area contributed by atoms with Crippen molar-refractivity contribution in [2.45, 2.75) is 25.9 Å². The Kier molecular flexibility index (Phi) is 12.6. The van der Waals surface area contributed by atoms with E-state index in [1.54, 1.807) is 0 Å². The molecule has 0 saturated carbocycles. The van der Waals surface area contributed by atoms with Gasteiger partial charge in [0.15, 0.2) is 5.13 Å². The third-order valence-corrected chi connectivity index (χ3v) is 4.84. The first-order chi connectivity index (χ1) is 12.1. The molecule has 3 heterocycles. The molecule has 0 aliphatic carbocycles. The van der Waals surface area contributed by atoms with E-state index in [0.29, 0.717) is 11.6 Å². The summed E-state index contributed by atoms with van der Waals surface area (Å²) in [6.07, 6.45) is 2.14. The van der Waals surface area contributed by atoms with Crippen molar-refractivity contribution in [3.8, 4) is 0 Å². The minimum Gasteiger partial charge on any atom is -0.354 e. The topological polar surface area (TPSA) is 87.4 Å². The summed E-state index contributed by atoms with van der Waals surface area (Å²) in [5.74, 6) is 0.954. The van der Waals surface area contributed by atoms with Gasteiger partial charge >= 0.3 is 0 Å². The fraction of sp³-hybridized carbons (Fsp3) is 0.471. The zero-order valence-corrected chi connectivity index (χ0v) is 18.9. The van der Waals surface area contributed by atoms with Gasteiger partial charge in [-0.2, -0.15) is 0 Å². The summed E-state index contributed by atoms with van der Waals surface area (Å²) in [7, 11) is 0. The average molecular weight is 470 g/mol. The van der Waals surface area contributed by atoms with Crippen molar-refractivity contribution in [1.29, 1.82) is 0 Å². The van der Waals surface area contributed by atoms with Crippen LogP contribution in [0.1, 0.15) is 19.0 Å². The molecule has 7 nitrogen and oxygen atoms in total. The molecule has 11 heteroatoms. The largest absolute Gasteiger partial charge is 0.354 e. The molecule has 1 fully saturated rings. The molecular formula is C17H27Cl3N6OS. The number of nitrogens with one attached hydrogen (secondary N) is 1. The zero-order valence-electron chi connectivity index (χ0n) is 15.6. The van der Waals surface area contributed by atoms with Crippen LogP contribution in [-0.2, 0) is 11.3 Å². The Morgan fingerprint density at radius 1 is 1.25 bits per heavy atom. The molecule has 0 spiro atoms. The van der Waals surface area contributed by atoms with Gasteiger partial charge < -0.3 is 16.0 Å². The second kappa shape index (κ2) is 13.1. The lowest BCUT2D eigenvalue weighted by Crippen LogP contribution is -2.46. The van der Waals surface area contributed by atoms with Gasteiger partial charge in [0.05, 0.1) is 5.69 Å². The van der Waals surface area contributed by atoms with Gasteiger partial charge in [0.2, 0.25) is 5.91 Å². The number of nitrogens with zero attached hydrogens (tertiary/aromatic N) is 4. The van der Waals surface area contributed by atoms with Crippen molar-refractivity contribution in [3.63, 3.8) is 0 Å². The molecule has 1 aliphatic rings. The van der Waals surface area contributed by atoms with Crippen LogP contribution in [0.15, 0.2) is 29.8 Å². The smallest absolute Gasteiger partial charge is 0.227 e. The number of amides is 1. The van der Waals surface area contributed by atoms with Crippen LogP contribution in [0.5, 0.6) is 0 Å². The lowest BCUT2D eigenvalue weighted by Gasteiger charge is -2.35. The SMILES string of the molecule is CC(N)CC(=O)Nc1nc(CN2CCN(c3ccccn3)CC2)cs1.Cl.Cl.Cl. The molecule has 3 N–H and O–H groups in total. The van der Waals surface area contributed by atoms with Crippen molar-refractivity contribution in [2.24, 2.45) is 5.73 Å². The highest BCUT2D eigenvalue weighted by Gasteiger charge is 2.19. The number of rotatable bonds is 6. The summed E-state index contributed by atoms with van der Waals surface area (Å²) in [5, 5.41) is 5.47. The highest BCUT2D eigenvalue weighted by molar-refractivity contribution is 7.13. The van der Waals surface area contributed by atoms with Gasteiger partial charge in [-0.1, -0.05) is 6.07 Å². The molecule has 3 rings (SSSR count). The standard InChI is InChI=1S/C17H24N6OS.3ClH/c1-13(18)10-16(24)21-17-20-14(12-25-17)11-22-6-8-23(9-7-22)15-4-2-3-5-19-15;;;/h2-5,12-13H,6-11,18H2,1H3,(H,20,21,24);3*1H. The summed E-state index contributed by atoms with van der Waals surface area (Å²) < 4.78 is 0. The Bertz CT molecular complexity index is 695. The summed E-state index contributed by atoms with van der Waals surface area (Å²) in [5.41, 5.74) is 6.63. The molecule has 1 saturated heterocycles. The van der Waals surface area contributed by atoms with Crippen molar-refractivity contribution in [3.05, 3.63) is 35.5 Å². The number of aromatic nitrogens is 2. The molecule has 2 aromatic heterocycles. The summed E-state index contributed by atoms with van der Waals surface area (Å²) in [6.45, 7) is 6.48. The lowest BCUT2D eigenvalue weighted by atomic mass is 10.2. The molecule has 1 amide bonds. The Labute approximate surface area is 188 Å². The Morgan fingerprint density at radius 3 is 2.57 bits per heavy atom. The van der Waals surface area contributed by atoms with Crippen LogP contribution in [-0.4, -0.2) is 53.0 Å². The summed E-state index contributed by atoms with van der Waals surface area (Å²) >= 11 is 1.46. The molecule has 2 aromatic rings. The van der Waals surface area contributed by atoms with Crippen LogP contribution in [0.4, 0.5) is 10.9 Å². The van der Waals surface area contributed by atoms with Crippen molar-refractivity contribution < 1.29 is 4.79 Å². The van der Waals surface area contributed by atoms with Crippen LogP contribution in [0, 0.1) is 0 Å². The highest BCUT2D eigenvalue weighted by atomic mass is 35.5. The fourth-order valence-corrected chi connectivity index (χ4v) is 3.52. The van der Waals surface area contributed by atoms with E-state index in [2.05, 4.69) is 25.1 Å². The van der Waals surface area contributed by atoms with E-state index in [1.165, 1.54) is 11.3 Å². The second-order valence-corrected chi connectivity index (χ2v) is 7.18. The van der Waals surface area contributed by atoms with Gasteiger partial charge in [-0.05, 0) is 19.1 Å². The Hall–Kier alpha value is -1.16. The molecule has 1 unspecified atom stereocenters. The predicted octanol–water partition coefficient (Wildman–Crippen LogP) is 2.80. The number of hydrogen-bond donors (Lipinski definition) is 2. The Morgan fingerprint density at radius 2 is 1.96 bits per heavy atom. The second-order valence-electron chi connectivity index (χ2n) is 6.32. The fourth-order valence-electron chi connectivity index (χ4n) is 2.80. The van der Waals surface area contributed by atoms with Gasteiger partial charge in [-0.25, -0.2) is 9.97 Å². The first-order valence-corrected chi connectivity index (χ1v) is 9.36. The number of piperazine rings is 1. The van der Waals surface area contributed by atoms with Gasteiger partial charge in [0.1, 0.15) is 5.82 Å². The van der Waals surface area contributed by atoms with Crippen molar-refractivity contribution in [1.82, 2.24) is 14.9 Å². The van der Waals surface area contributed by atoms with Gasteiger partial charge in [0, 0.05) is 56.8 Å².